The number of nitrogens with one attached hydrogen (secondary N) is 1. The highest BCUT2D eigenvalue weighted by molar-refractivity contribution is 7.89. The normalized spacial score (nSPS) is 12.5. The zero-order valence-corrected chi connectivity index (χ0v) is 14.7. The molecule has 1 aromatic heterocycles. The van der Waals surface area contributed by atoms with Gasteiger partial charge in [-0.3, -0.25) is 0 Å². The Kier molecular flexibility index (Phi) is 6.90. The molecule has 1 rings (SSSR count). The second kappa shape index (κ2) is 7.96. The Hall–Kier alpha value is -0.850. The number of aryl methyl sites for hydroxylation is 1. The van der Waals surface area contributed by atoms with Gasteiger partial charge in [0.15, 0.2) is 0 Å². The van der Waals surface area contributed by atoms with Crippen LogP contribution in [-0.2, 0) is 23.1 Å². The topological polar surface area (TPSA) is 54.3 Å². The molecule has 6 heteroatoms. The number of hydrogen-bond donors (Lipinski definition) is 1. The van der Waals surface area contributed by atoms with Crippen molar-refractivity contribution in [3.63, 3.8) is 0 Å². The van der Waals surface area contributed by atoms with E-state index in [-0.39, 0.29) is 6.04 Å². The molecule has 1 aromatic rings. The van der Waals surface area contributed by atoms with Gasteiger partial charge in [-0.25, -0.2) is 8.42 Å². The van der Waals surface area contributed by atoms with Gasteiger partial charge in [0.2, 0.25) is 10.0 Å². The molecule has 1 heterocycles. The first kappa shape index (κ1) is 18.2. The summed E-state index contributed by atoms with van der Waals surface area (Å²) in [5.74, 6) is 0. The van der Waals surface area contributed by atoms with Gasteiger partial charge in [0.05, 0.1) is 0 Å². The third-order valence-electron chi connectivity index (χ3n) is 3.92. The van der Waals surface area contributed by atoms with Crippen LogP contribution in [0.4, 0.5) is 0 Å². The lowest BCUT2D eigenvalue weighted by atomic mass is 10.2. The van der Waals surface area contributed by atoms with E-state index in [1.54, 1.807) is 19.3 Å². The fourth-order valence-corrected chi connectivity index (χ4v) is 4.18. The van der Waals surface area contributed by atoms with Crippen molar-refractivity contribution < 1.29 is 8.42 Å². The van der Waals surface area contributed by atoms with Crippen molar-refractivity contribution in [1.29, 1.82) is 0 Å². The van der Waals surface area contributed by atoms with E-state index in [0.717, 1.165) is 31.5 Å². The molecule has 122 valence electrons. The molecule has 0 aliphatic rings. The summed E-state index contributed by atoms with van der Waals surface area (Å²) in [6, 6.07) is 1.85. The molecule has 5 nitrogen and oxygen atoms in total. The fraction of sp³-hybridized carbons (Fsp3) is 0.733. The van der Waals surface area contributed by atoms with Crippen molar-refractivity contribution in [3.05, 3.63) is 18.0 Å². The quantitative estimate of drug-likeness (QED) is 0.761. The number of rotatable bonds is 9. The predicted octanol–water partition coefficient (Wildman–Crippen LogP) is 2.43. The summed E-state index contributed by atoms with van der Waals surface area (Å²) in [6.45, 7) is 7.64. The molecule has 0 spiro atoms. The average molecular weight is 315 g/mol. The molecule has 0 aromatic carbocycles. The van der Waals surface area contributed by atoms with Crippen LogP contribution in [-0.4, -0.2) is 37.4 Å². The number of nitrogens with zero attached hydrogens (tertiary/aromatic N) is 2. The van der Waals surface area contributed by atoms with E-state index in [4.69, 9.17) is 0 Å². The Morgan fingerprint density at radius 2 is 1.90 bits per heavy atom. The molecule has 0 aliphatic carbocycles. The highest BCUT2D eigenvalue weighted by Gasteiger charge is 2.27. The Morgan fingerprint density at radius 1 is 1.29 bits per heavy atom. The second-order valence-electron chi connectivity index (χ2n) is 5.38. The first-order valence-electron chi connectivity index (χ1n) is 7.73. The smallest absolute Gasteiger partial charge is 0.244 e. The molecule has 0 saturated heterocycles. The molecular weight excluding hydrogens is 286 g/mol. The molecule has 21 heavy (non-hydrogen) atoms. The highest BCUT2D eigenvalue weighted by Crippen LogP contribution is 2.22. The summed E-state index contributed by atoms with van der Waals surface area (Å²) in [6.07, 6.45) is 4.40. The summed E-state index contributed by atoms with van der Waals surface area (Å²) >= 11 is 0. The predicted molar refractivity (Wildman–Crippen MR) is 86.8 cm³/mol. The maximum absolute atomic E-state index is 12.8. The third-order valence-corrected chi connectivity index (χ3v) is 5.79. The first-order chi connectivity index (χ1) is 9.92. The van der Waals surface area contributed by atoms with Crippen LogP contribution in [0.5, 0.6) is 0 Å². The maximum atomic E-state index is 12.8. The van der Waals surface area contributed by atoms with Gasteiger partial charge in [-0.2, -0.15) is 4.31 Å². The monoisotopic (exact) mass is 315 g/mol. The van der Waals surface area contributed by atoms with Crippen molar-refractivity contribution in [3.8, 4) is 0 Å². The molecule has 1 N–H and O–H groups in total. The Balaban J connectivity index is 3.16. The SMILES string of the molecule is CCCn1cc(S(=O)(=O)N(C)C(CC)CC)cc1CNC. The van der Waals surface area contributed by atoms with E-state index in [9.17, 15) is 8.42 Å². The van der Waals surface area contributed by atoms with Crippen molar-refractivity contribution in [2.45, 2.75) is 64.1 Å². The van der Waals surface area contributed by atoms with Crippen molar-refractivity contribution >= 4 is 10.0 Å². The van der Waals surface area contributed by atoms with Gasteiger partial charge in [-0.15, -0.1) is 0 Å². The zero-order valence-electron chi connectivity index (χ0n) is 13.9. The van der Waals surface area contributed by atoms with E-state index in [1.807, 2.05) is 25.5 Å². The van der Waals surface area contributed by atoms with Crippen LogP contribution < -0.4 is 5.32 Å². The van der Waals surface area contributed by atoms with Gasteiger partial charge in [0.1, 0.15) is 4.90 Å². The minimum atomic E-state index is -3.42. The molecule has 0 aliphatic heterocycles. The van der Waals surface area contributed by atoms with Crippen molar-refractivity contribution in [2.24, 2.45) is 0 Å². The summed E-state index contributed by atoms with van der Waals surface area (Å²) in [4.78, 5) is 0.399. The van der Waals surface area contributed by atoms with E-state index in [2.05, 4.69) is 12.2 Å². The van der Waals surface area contributed by atoms with Gasteiger partial charge in [-0.1, -0.05) is 20.8 Å². The Morgan fingerprint density at radius 3 is 2.38 bits per heavy atom. The molecule has 0 amide bonds. The van der Waals surface area contributed by atoms with Gasteiger partial charge < -0.3 is 9.88 Å². The summed E-state index contributed by atoms with van der Waals surface area (Å²) in [7, 11) is 0.135. The van der Waals surface area contributed by atoms with E-state index in [0.29, 0.717) is 11.4 Å². The molecule has 0 radical (unpaired) electrons. The number of sulfonamides is 1. The second-order valence-corrected chi connectivity index (χ2v) is 7.38. The van der Waals surface area contributed by atoms with E-state index in [1.165, 1.54) is 4.31 Å². The van der Waals surface area contributed by atoms with Crippen molar-refractivity contribution in [2.75, 3.05) is 14.1 Å². The standard InChI is InChI=1S/C15H29N3O2S/c1-6-9-18-12-15(10-14(18)11-16-4)21(19,20)17(5)13(7-2)8-3/h10,12-13,16H,6-9,11H2,1-5H3. The van der Waals surface area contributed by atoms with Crippen LogP contribution in [0.2, 0.25) is 0 Å². The van der Waals surface area contributed by atoms with Gasteiger partial charge in [-0.05, 0) is 32.4 Å². The molecule has 0 bridgehead atoms. The lowest BCUT2D eigenvalue weighted by Crippen LogP contribution is -2.36. The van der Waals surface area contributed by atoms with Gasteiger partial charge >= 0.3 is 0 Å². The van der Waals surface area contributed by atoms with Crippen LogP contribution in [0, 0.1) is 0 Å². The minimum absolute atomic E-state index is 0.0530. The van der Waals surface area contributed by atoms with Crippen molar-refractivity contribution in [1.82, 2.24) is 14.2 Å². The van der Waals surface area contributed by atoms with Crippen LogP contribution >= 0.6 is 0 Å². The lowest BCUT2D eigenvalue weighted by molar-refractivity contribution is 0.349. The van der Waals surface area contributed by atoms with E-state index < -0.39 is 10.0 Å². The zero-order chi connectivity index (χ0) is 16.0. The van der Waals surface area contributed by atoms with Crippen LogP contribution in [0.25, 0.3) is 0 Å². The number of hydrogen-bond acceptors (Lipinski definition) is 3. The molecule has 0 saturated carbocycles. The first-order valence-corrected chi connectivity index (χ1v) is 9.17. The highest BCUT2D eigenvalue weighted by atomic mass is 32.2. The lowest BCUT2D eigenvalue weighted by Gasteiger charge is -2.24. The average Bonchev–Trinajstić information content (AvgIpc) is 2.85. The Labute approximate surface area is 129 Å². The summed E-state index contributed by atoms with van der Waals surface area (Å²) in [5, 5.41) is 3.09. The summed E-state index contributed by atoms with van der Waals surface area (Å²) < 4.78 is 29.1. The van der Waals surface area contributed by atoms with Crippen LogP contribution in [0.1, 0.15) is 45.7 Å². The third kappa shape index (κ3) is 4.08. The molecule has 0 fully saturated rings. The van der Waals surface area contributed by atoms with Crippen LogP contribution in [0.3, 0.4) is 0 Å². The fourth-order valence-electron chi connectivity index (χ4n) is 2.61. The maximum Gasteiger partial charge on any atom is 0.244 e. The summed E-state index contributed by atoms with van der Waals surface area (Å²) in [5.41, 5.74) is 1.01. The molecule has 0 unspecified atom stereocenters. The minimum Gasteiger partial charge on any atom is -0.349 e. The Bertz CT molecular complexity index is 510. The van der Waals surface area contributed by atoms with Crippen LogP contribution in [0.15, 0.2) is 17.2 Å². The van der Waals surface area contributed by atoms with E-state index >= 15 is 0 Å². The van der Waals surface area contributed by atoms with Gasteiger partial charge in [0.25, 0.3) is 0 Å². The largest absolute Gasteiger partial charge is 0.349 e. The van der Waals surface area contributed by atoms with Gasteiger partial charge in [0, 0.05) is 38.1 Å². The molecule has 0 atom stereocenters. The number of aromatic nitrogens is 1. The molecular formula is C15H29N3O2S.